The lowest BCUT2D eigenvalue weighted by Crippen LogP contribution is -2.65. The first-order chi connectivity index (χ1) is 13.4. The van der Waals surface area contributed by atoms with E-state index in [1.807, 2.05) is 31.4 Å². The van der Waals surface area contributed by atoms with Gasteiger partial charge in [0, 0.05) is 31.7 Å². The van der Waals surface area contributed by atoms with Crippen molar-refractivity contribution in [1.29, 1.82) is 0 Å². The molecule has 1 aromatic heterocycles. The number of hydrogen-bond donors (Lipinski definition) is 0. The first-order valence-electron chi connectivity index (χ1n) is 9.59. The summed E-state index contributed by atoms with van der Waals surface area (Å²) in [5.41, 5.74) is 1.67. The fraction of sp³-hybridized carbons (Fsp3) is 0.550. The summed E-state index contributed by atoms with van der Waals surface area (Å²) in [5, 5.41) is 3.07. The molecule has 8 heteroatoms. The summed E-state index contributed by atoms with van der Waals surface area (Å²) in [7, 11) is -3.45. The summed E-state index contributed by atoms with van der Waals surface area (Å²) in [6.07, 6.45) is 1.83. The highest BCUT2D eigenvalue weighted by Gasteiger charge is 2.56. The number of thiazole rings is 1. The van der Waals surface area contributed by atoms with Crippen LogP contribution in [0.5, 0.6) is 0 Å². The van der Waals surface area contributed by atoms with Crippen LogP contribution in [0.15, 0.2) is 34.5 Å². The fourth-order valence-electron chi connectivity index (χ4n) is 4.00. The van der Waals surface area contributed by atoms with Crippen LogP contribution in [0.25, 0.3) is 0 Å². The lowest BCUT2D eigenvalue weighted by atomic mass is 9.80. The highest BCUT2D eigenvalue weighted by Crippen LogP contribution is 2.43. The standard InChI is InChI=1S/C20H26N2O4S2/c1-15-3-5-19(6-4-15)28(23,24)22-13-20(14-22)17(8-10-26-20)7-9-25-11-18-12-27-16(2)21-18/h3-6,12,17H,7-11,13-14H2,1-2H3/t17-/m0/s1. The lowest BCUT2D eigenvalue weighted by Gasteiger charge is -2.49. The first kappa shape index (κ1) is 20.0. The molecular weight excluding hydrogens is 396 g/mol. The topological polar surface area (TPSA) is 68.7 Å². The second kappa shape index (κ2) is 7.84. The van der Waals surface area contributed by atoms with E-state index in [4.69, 9.17) is 9.47 Å². The molecule has 152 valence electrons. The number of benzene rings is 1. The highest BCUT2D eigenvalue weighted by molar-refractivity contribution is 7.89. The van der Waals surface area contributed by atoms with Crippen LogP contribution in [-0.4, -0.2) is 49.6 Å². The molecule has 0 bridgehead atoms. The van der Waals surface area contributed by atoms with Crippen LogP contribution >= 0.6 is 11.3 Å². The Kier molecular flexibility index (Phi) is 5.59. The number of rotatable bonds is 7. The van der Waals surface area contributed by atoms with E-state index in [1.165, 1.54) is 4.31 Å². The normalized spacial score (nSPS) is 21.9. The second-order valence-corrected chi connectivity index (χ2v) is 10.7. The quantitative estimate of drug-likeness (QED) is 0.641. The van der Waals surface area contributed by atoms with Gasteiger partial charge in [0.25, 0.3) is 0 Å². The van der Waals surface area contributed by atoms with Gasteiger partial charge in [0.1, 0.15) is 0 Å². The van der Waals surface area contributed by atoms with Crippen molar-refractivity contribution in [1.82, 2.24) is 9.29 Å². The van der Waals surface area contributed by atoms with Gasteiger partial charge in [-0.15, -0.1) is 11.3 Å². The predicted molar refractivity (Wildman–Crippen MR) is 108 cm³/mol. The summed E-state index contributed by atoms with van der Waals surface area (Å²) in [5.74, 6) is 0.328. The minimum atomic E-state index is -3.45. The molecule has 2 aliphatic heterocycles. The first-order valence-corrected chi connectivity index (χ1v) is 11.9. The zero-order valence-corrected chi connectivity index (χ0v) is 17.9. The Hall–Kier alpha value is -1.32. The van der Waals surface area contributed by atoms with Crippen molar-refractivity contribution in [3.63, 3.8) is 0 Å². The molecule has 1 spiro atoms. The van der Waals surface area contributed by atoms with Crippen molar-refractivity contribution < 1.29 is 17.9 Å². The monoisotopic (exact) mass is 422 g/mol. The van der Waals surface area contributed by atoms with E-state index in [9.17, 15) is 8.42 Å². The van der Waals surface area contributed by atoms with E-state index in [0.717, 1.165) is 29.1 Å². The van der Waals surface area contributed by atoms with E-state index in [0.29, 0.717) is 43.7 Å². The molecule has 0 aliphatic carbocycles. The van der Waals surface area contributed by atoms with E-state index >= 15 is 0 Å². The Morgan fingerprint density at radius 1 is 1.29 bits per heavy atom. The molecule has 4 rings (SSSR count). The van der Waals surface area contributed by atoms with Crippen LogP contribution in [-0.2, 0) is 26.1 Å². The smallest absolute Gasteiger partial charge is 0.243 e. The number of hydrogen-bond acceptors (Lipinski definition) is 6. The zero-order chi connectivity index (χ0) is 19.8. The highest BCUT2D eigenvalue weighted by atomic mass is 32.2. The zero-order valence-electron chi connectivity index (χ0n) is 16.3. The maximum absolute atomic E-state index is 12.8. The van der Waals surface area contributed by atoms with E-state index in [2.05, 4.69) is 4.98 Å². The van der Waals surface area contributed by atoms with Crippen molar-refractivity contribution >= 4 is 21.4 Å². The summed E-state index contributed by atoms with van der Waals surface area (Å²) < 4.78 is 39.0. The average molecular weight is 423 g/mol. The number of sulfonamides is 1. The van der Waals surface area contributed by atoms with Crippen molar-refractivity contribution in [3.05, 3.63) is 45.9 Å². The minimum Gasteiger partial charge on any atom is -0.375 e. The third-order valence-corrected chi connectivity index (χ3v) is 8.30. The minimum absolute atomic E-state index is 0.328. The Labute approximate surface area is 170 Å². The summed E-state index contributed by atoms with van der Waals surface area (Å²) in [6.45, 7) is 6.65. The fourth-order valence-corrected chi connectivity index (χ4v) is 6.15. The van der Waals surface area contributed by atoms with Crippen LogP contribution in [0, 0.1) is 19.8 Å². The molecule has 3 heterocycles. The van der Waals surface area contributed by atoms with Crippen molar-refractivity contribution in [2.45, 2.75) is 43.8 Å². The predicted octanol–water partition coefficient (Wildman–Crippen LogP) is 3.15. The SMILES string of the molecule is Cc1ccc(S(=O)(=O)N2CC3(C2)OCC[C@@H]3CCOCc2csc(C)n2)cc1. The Morgan fingerprint density at radius 3 is 2.71 bits per heavy atom. The molecule has 1 aromatic carbocycles. The molecule has 0 N–H and O–H groups in total. The van der Waals surface area contributed by atoms with Gasteiger partial charge < -0.3 is 9.47 Å². The van der Waals surface area contributed by atoms with Gasteiger partial charge in [-0.3, -0.25) is 0 Å². The maximum atomic E-state index is 12.8. The molecule has 1 atom stereocenters. The number of ether oxygens (including phenoxy) is 2. The van der Waals surface area contributed by atoms with Gasteiger partial charge in [0.05, 0.1) is 27.8 Å². The molecule has 6 nitrogen and oxygen atoms in total. The van der Waals surface area contributed by atoms with Gasteiger partial charge in [0.2, 0.25) is 10.0 Å². The van der Waals surface area contributed by atoms with E-state index < -0.39 is 10.0 Å². The van der Waals surface area contributed by atoms with Gasteiger partial charge in [0.15, 0.2) is 0 Å². The molecule has 2 fully saturated rings. The molecule has 0 radical (unpaired) electrons. The second-order valence-electron chi connectivity index (χ2n) is 7.68. The number of aryl methyl sites for hydroxylation is 2. The summed E-state index contributed by atoms with van der Waals surface area (Å²) in [4.78, 5) is 4.75. The molecule has 2 aromatic rings. The van der Waals surface area contributed by atoms with Crippen LogP contribution in [0.2, 0.25) is 0 Å². The Balaban J connectivity index is 1.31. The van der Waals surface area contributed by atoms with Gasteiger partial charge in [-0.1, -0.05) is 17.7 Å². The van der Waals surface area contributed by atoms with Crippen LogP contribution in [0.4, 0.5) is 0 Å². The molecule has 2 aliphatic rings. The number of nitrogens with zero attached hydrogens (tertiary/aromatic N) is 2. The van der Waals surface area contributed by atoms with Crippen LogP contribution < -0.4 is 0 Å². The molecular formula is C20H26N2O4S2. The van der Waals surface area contributed by atoms with Crippen LogP contribution in [0.1, 0.15) is 29.1 Å². The number of aromatic nitrogens is 1. The average Bonchev–Trinajstić information content (AvgIpc) is 3.24. The van der Waals surface area contributed by atoms with Crippen molar-refractivity contribution in [3.8, 4) is 0 Å². The molecule has 0 saturated carbocycles. The van der Waals surface area contributed by atoms with Crippen molar-refractivity contribution in [2.75, 3.05) is 26.3 Å². The molecule has 28 heavy (non-hydrogen) atoms. The van der Waals surface area contributed by atoms with Crippen molar-refractivity contribution in [2.24, 2.45) is 5.92 Å². The lowest BCUT2D eigenvalue weighted by molar-refractivity contribution is -0.106. The van der Waals surface area contributed by atoms with Crippen LogP contribution in [0.3, 0.4) is 0 Å². The molecule has 2 saturated heterocycles. The third-order valence-electron chi connectivity index (χ3n) is 5.67. The summed E-state index contributed by atoms with van der Waals surface area (Å²) in [6, 6.07) is 7.02. The Bertz CT molecular complexity index is 918. The summed E-state index contributed by atoms with van der Waals surface area (Å²) >= 11 is 1.63. The van der Waals surface area contributed by atoms with Gasteiger partial charge in [-0.25, -0.2) is 13.4 Å². The largest absolute Gasteiger partial charge is 0.375 e. The van der Waals surface area contributed by atoms with Gasteiger partial charge >= 0.3 is 0 Å². The maximum Gasteiger partial charge on any atom is 0.243 e. The molecule has 0 unspecified atom stereocenters. The van der Waals surface area contributed by atoms with E-state index in [1.54, 1.807) is 23.5 Å². The molecule has 0 amide bonds. The van der Waals surface area contributed by atoms with Gasteiger partial charge in [-0.05, 0) is 44.7 Å². The van der Waals surface area contributed by atoms with Gasteiger partial charge in [-0.2, -0.15) is 4.31 Å². The third kappa shape index (κ3) is 3.89. The Morgan fingerprint density at radius 2 is 2.04 bits per heavy atom. The van der Waals surface area contributed by atoms with E-state index in [-0.39, 0.29) is 5.60 Å².